The Morgan fingerprint density at radius 1 is 1.59 bits per heavy atom. The zero-order chi connectivity index (χ0) is 13.2. The van der Waals surface area contributed by atoms with Crippen molar-refractivity contribution in [3.8, 4) is 0 Å². The van der Waals surface area contributed by atoms with Crippen LogP contribution in [0, 0.1) is 0 Å². The Balaban J connectivity index is 3.02. The van der Waals surface area contributed by atoms with E-state index in [9.17, 15) is 13.2 Å². The van der Waals surface area contributed by atoms with Gasteiger partial charge >= 0.3 is 0 Å². The summed E-state index contributed by atoms with van der Waals surface area (Å²) >= 11 is 3.00. The van der Waals surface area contributed by atoms with Crippen LogP contribution in [-0.2, 0) is 21.9 Å². The molecule has 0 bridgehead atoms. The summed E-state index contributed by atoms with van der Waals surface area (Å²) in [5.41, 5.74) is 0. The van der Waals surface area contributed by atoms with Gasteiger partial charge in [-0.1, -0.05) is 12.1 Å². The topological polar surface area (TPSA) is 93.9 Å². The van der Waals surface area contributed by atoms with Crippen molar-refractivity contribution in [1.29, 1.82) is 0 Å². The highest BCUT2D eigenvalue weighted by atomic mass is 79.9. The third kappa shape index (κ3) is 3.11. The summed E-state index contributed by atoms with van der Waals surface area (Å²) in [4.78, 5) is 11.4. The molecule has 0 aliphatic rings. The standard InChI is InChI=1S/C8H13BrN4O3S/c1-4-6(14)5(2)11-17(15,16)8-7(9)10-12-13(8)3/h5,11H,4H2,1-3H3. The SMILES string of the molecule is CCC(=O)C(C)NS(=O)(=O)c1c(Br)nnn1C. The number of Topliss-reactive ketones (excluding diaryl/α,β-unsaturated/α-hetero) is 1. The number of rotatable bonds is 5. The van der Waals surface area contributed by atoms with Crippen molar-refractivity contribution in [3.63, 3.8) is 0 Å². The number of ketones is 1. The minimum absolute atomic E-state index is 0.103. The maximum Gasteiger partial charge on any atom is 0.261 e. The molecule has 0 amide bonds. The van der Waals surface area contributed by atoms with E-state index in [0.717, 1.165) is 4.68 Å². The van der Waals surface area contributed by atoms with Gasteiger partial charge < -0.3 is 0 Å². The maximum atomic E-state index is 12.0. The molecule has 1 unspecified atom stereocenters. The van der Waals surface area contributed by atoms with Crippen LogP contribution in [0.1, 0.15) is 20.3 Å². The van der Waals surface area contributed by atoms with E-state index in [2.05, 4.69) is 31.0 Å². The second-order valence-electron chi connectivity index (χ2n) is 3.47. The first-order chi connectivity index (χ1) is 7.79. The molecule has 96 valence electrons. The molecule has 1 atom stereocenters. The lowest BCUT2D eigenvalue weighted by molar-refractivity contribution is -0.119. The average Bonchev–Trinajstić information content (AvgIpc) is 2.57. The van der Waals surface area contributed by atoms with Gasteiger partial charge in [0.1, 0.15) is 5.78 Å². The van der Waals surface area contributed by atoms with E-state index >= 15 is 0 Å². The quantitative estimate of drug-likeness (QED) is 0.836. The van der Waals surface area contributed by atoms with Crippen molar-refractivity contribution >= 4 is 31.7 Å². The van der Waals surface area contributed by atoms with Gasteiger partial charge in [0.25, 0.3) is 10.0 Å². The Bertz CT molecular complexity index is 505. The molecule has 1 aromatic heterocycles. The van der Waals surface area contributed by atoms with E-state index < -0.39 is 16.1 Å². The predicted octanol–water partition coefficient (Wildman–Crippen LogP) is 0.223. The van der Waals surface area contributed by atoms with Crippen molar-refractivity contribution in [3.05, 3.63) is 4.60 Å². The fraction of sp³-hybridized carbons (Fsp3) is 0.625. The van der Waals surface area contributed by atoms with Gasteiger partial charge in [0, 0.05) is 13.5 Å². The average molecular weight is 325 g/mol. The molecule has 0 saturated carbocycles. The van der Waals surface area contributed by atoms with Gasteiger partial charge in [0.2, 0.25) is 5.03 Å². The van der Waals surface area contributed by atoms with Crippen LogP contribution in [-0.4, -0.2) is 35.2 Å². The summed E-state index contributed by atoms with van der Waals surface area (Å²) in [6.45, 7) is 3.18. The van der Waals surface area contributed by atoms with E-state index in [-0.39, 0.29) is 21.8 Å². The minimum Gasteiger partial charge on any atom is -0.298 e. The van der Waals surface area contributed by atoms with Crippen LogP contribution in [0.4, 0.5) is 0 Å². The molecule has 7 nitrogen and oxygen atoms in total. The Labute approximate surface area is 108 Å². The Morgan fingerprint density at radius 3 is 2.59 bits per heavy atom. The number of sulfonamides is 1. The summed E-state index contributed by atoms with van der Waals surface area (Å²) in [7, 11) is -2.36. The zero-order valence-electron chi connectivity index (χ0n) is 9.64. The van der Waals surface area contributed by atoms with Gasteiger partial charge in [0.15, 0.2) is 4.60 Å². The third-order valence-corrected chi connectivity index (χ3v) is 4.58. The normalized spacial score (nSPS) is 13.6. The Morgan fingerprint density at radius 2 is 2.18 bits per heavy atom. The van der Waals surface area contributed by atoms with E-state index in [1.807, 2.05) is 0 Å². The minimum atomic E-state index is -3.81. The highest BCUT2D eigenvalue weighted by molar-refractivity contribution is 9.10. The van der Waals surface area contributed by atoms with Gasteiger partial charge in [-0.15, -0.1) is 5.10 Å². The molecular weight excluding hydrogens is 312 g/mol. The number of carbonyl (C=O) groups is 1. The number of nitrogens with one attached hydrogen (secondary N) is 1. The van der Waals surface area contributed by atoms with Crippen LogP contribution < -0.4 is 4.72 Å². The van der Waals surface area contributed by atoms with Crippen molar-refractivity contribution < 1.29 is 13.2 Å². The van der Waals surface area contributed by atoms with Crippen LogP contribution in [0.2, 0.25) is 0 Å². The van der Waals surface area contributed by atoms with Crippen LogP contribution in [0.15, 0.2) is 9.63 Å². The van der Waals surface area contributed by atoms with Gasteiger partial charge in [0.05, 0.1) is 6.04 Å². The molecule has 9 heteroatoms. The lowest BCUT2D eigenvalue weighted by Gasteiger charge is -2.12. The van der Waals surface area contributed by atoms with Crippen molar-refractivity contribution in [2.45, 2.75) is 31.3 Å². The number of nitrogens with zero attached hydrogens (tertiary/aromatic N) is 3. The third-order valence-electron chi connectivity index (χ3n) is 2.15. The second kappa shape index (κ2) is 5.23. The number of hydrogen-bond donors (Lipinski definition) is 1. The molecule has 0 radical (unpaired) electrons. The molecule has 0 fully saturated rings. The molecule has 0 spiro atoms. The van der Waals surface area contributed by atoms with Crippen molar-refractivity contribution in [2.75, 3.05) is 0 Å². The molecule has 1 rings (SSSR count). The molecule has 0 aliphatic heterocycles. The first kappa shape index (κ1) is 14.3. The first-order valence-corrected chi connectivity index (χ1v) is 7.17. The van der Waals surface area contributed by atoms with Gasteiger partial charge in [-0.25, -0.2) is 13.1 Å². The van der Waals surface area contributed by atoms with E-state index in [0.29, 0.717) is 0 Å². The molecule has 17 heavy (non-hydrogen) atoms. The number of hydrogen-bond acceptors (Lipinski definition) is 5. The van der Waals surface area contributed by atoms with Crippen molar-refractivity contribution in [2.24, 2.45) is 7.05 Å². The predicted molar refractivity (Wildman–Crippen MR) is 63.8 cm³/mol. The van der Waals surface area contributed by atoms with Crippen molar-refractivity contribution in [1.82, 2.24) is 19.7 Å². The molecule has 0 saturated heterocycles. The fourth-order valence-corrected chi connectivity index (χ4v) is 3.59. The smallest absolute Gasteiger partial charge is 0.261 e. The summed E-state index contributed by atoms with van der Waals surface area (Å²) in [6.07, 6.45) is 0.272. The van der Waals surface area contributed by atoms with E-state index in [1.165, 1.54) is 14.0 Å². The van der Waals surface area contributed by atoms with Crippen LogP contribution in [0.5, 0.6) is 0 Å². The van der Waals surface area contributed by atoms with Crippen LogP contribution in [0.3, 0.4) is 0 Å². The Hall–Kier alpha value is -0.800. The highest BCUT2D eigenvalue weighted by Gasteiger charge is 2.27. The van der Waals surface area contributed by atoms with E-state index in [4.69, 9.17) is 0 Å². The molecular formula is C8H13BrN4O3S. The molecule has 1 aromatic rings. The molecule has 0 aliphatic carbocycles. The van der Waals surface area contributed by atoms with Gasteiger partial charge in [-0.3, -0.25) is 4.79 Å². The van der Waals surface area contributed by atoms with Gasteiger partial charge in [-0.2, -0.15) is 4.72 Å². The lowest BCUT2D eigenvalue weighted by atomic mass is 10.2. The van der Waals surface area contributed by atoms with Gasteiger partial charge in [-0.05, 0) is 22.9 Å². The summed E-state index contributed by atoms with van der Waals surface area (Å²) in [6, 6.07) is -0.771. The summed E-state index contributed by atoms with van der Waals surface area (Å²) < 4.78 is 27.5. The number of aromatic nitrogens is 3. The highest BCUT2D eigenvalue weighted by Crippen LogP contribution is 2.17. The molecule has 1 N–H and O–H groups in total. The molecule has 0 aromatic carbocycles. The zero-order valence-corrected chi connectivity index (χ0v) is 12.0. The number of halogens is 1. The number of aryl methyl sites for hydroxylation is 1. The number of carbonyl (C=O) groups excluding carboxylic acids is 1. The lowest BCUT2D eigenvalue weighted by Crippen LogP contribution is -2.39. The van der Waals surface area contributed by atoms with Crippen LogP contribution in [0.25, 0.3) is 0 Å². The Kier molecular flexibility index (Phi) is 4.39. The largest absolute Gasteiger partial charge is 0.298 e. The molecule has 1 heterocycles. The second-order valence-corrected chi connectivity index (χ2v) is 5.85. The monoisotopic (exact) mass is 324 g/mol. The van der Waals surface area contributed by atoms with E-state index in [1.54, 1.807) is 6.92 Å². The summed E-state index contributed by atoms with van der Waals surface area (Å²) in [5.74, 6) is -0.181. The fourth-order valence-electron chi connectivity index (χ4n) is 1.27. The van der Waals surface area contributed by atoms with Crippen LogP contribution >= 0.6 is 15.9 Å². The summed E-state index contributed by atoms with van der Waals surface area (Å²) in [5, 5.41) is 7.05. The maximum absolute atomic E-state index is 12.0. The first-order valence-electron chi connectivity index (χ1n) is 4.89.